The molecule has 0 spiro atoms. The standard InChI is InChI=1S/C15H23NO4Si/c1-10-8-16(9-11(10)2)15(20-21(5,6)7)13(17)12(18-3)14(15)19-4/h8-9H,1-7H3. The summed E-state index contributed by atoms with van der Waals surface area (Å²) in [6.07, 6.45) is 3.83. The van der Waals surface area contributed by atoms with Crippen LogP contribution in [0.2, 0.25) is 19.6 Å². The van der Waals surface area contributed by atoms with Crippen molar-refractivity contribution in [1.82, 2.24) is 4.57 Å². The summed E-state index contributed by atoms with van der Waals surface area (Å²) < 4.78 is 18.7. The number of nitrogens with zero attached hydrogens (tertiary/aromatic N) is 1. The zero-order valence-corrected chi connectivity index (χ0v) is 14.7. The van der Waals surface area contributed by atoms with Gasteiger partial charge >= 0.3 is 0 Å². The Bertz CT molecular complexity index is 592. The highest BCUT2D eigenvalue weighted by molar-refractivity contribution is 6.70. The quantitative estimate of drug-likeness (QED) is 0.785. The molecule has 1 aromatic rings. The molecule has 1 atom stereocenters. The van der Waals surface area contributed by atoms with E-state index in [0.29, 0.717) is 5.76 Å². The van der Waals surface area contributed by atoms with E-state index in [2.05, 4.69) is 0 Å². The second kappa shape index (κ2) is 5.03. The number of rotatable bonds is 5. The van der Waals surface area contributed by atoms with Gasteiger partial charge in [-0.2, -0.15) is 0 Å². The highest BCUT2D eigenvalue weighted by atomic mass is 28.4. The molecule has 1 aliphatic carbocycles. The van der Waals surface area contributed by atoms with Gasteiger partial charge in [0, 0.05) is 12.4 Å². The van der Waals surface area contributed by atoms with Gasteiger partial charge in [0.25, 0.3) is 11.5 Å². The van der Waals surface area contributed by atoms with Crippen molar-refractivity contribution in [2.45, 2.75) is 39.2 Å². The average Bonchev–Trinajstić information content (AvgIpc) is 2.71. The van der Waals surface area contributed by atoms with Crippen LogP contribution in [0.4, 0.5) is 0 Å². The lowest BCUT2D eigenvalue weighted by Crippen LogP contribution is -2.59. The van der Waals surface area contributed by atoms with E-state index in [1.165, 1.54) is 14.2 Å². The minimum absolute atomic E-state index is 0.195. The number of Topliss-reactive ketones (excluding diaryl/α,β-unsaturated/α-hetero) is 1. The van der Waals surface area contributed by atoms with Gasteiger partial charge in [-0.15, -0.1) is 0 Å². The van der Waals surface area contributed by atoms with Crippen LogP contribution in [0.1, 0.15) is 11.1 Å². The molecule has 116 valence electrons. The molecule has 0 aromatic carbocycles. The Morgan fingerprint density at radius 3 is 1.95 bits per heavy atom. The monoisotopic (exact) mass is 309 g/mol. The molecular weight excluding hydrogens is 286 g/mol. The molecule has 0 radical (unpaired) electrons. The normalized spacial score (nSPS) is 22.3. The fourth-order valence-electron chi connectivity index (χ4n) is 2.53. The molecule has 21 heavy (non-hydrogen) atoms. The lowest BCUT2D eigenvalue weighted by molar-refractivity contribution is -0.155. The number of ether oxygens (including phenoxy) is 2. The molecule has 6 heteroatoms. The van der Waals surface area contributed by atoms with E-state index < -0.39 is 14.0 Å². The van der Waals surface area contributed by atoms with Crippen molar-refractivity contribution in [2.75, 3.05) is 14.2 Å². The van der Waals surface area contributed by atoms with Gasteiger partial charge in [-0.3, -0.25) is 4.79 Å². The molecule has 1 aliphatic rings. The first-order valence-corrected chi connectivity index (χ1v) is 10.3. The van der Waals surface area contributed by atoms with Crippen molar-refractivity contribution in [2.24, 2.45) is 0 Å². The molecule has 0 saturated carbocycles. The van der Waals surface area contributed by atoms with Crippen LogP contribution in [0.3, 0.4) is 0 Å². The van der Waals surface area contributed by atoms with Crippen LogP contribution in [-0.4, -0.2) is 32.9 Å². The molecule has 0 bridgehead atoms. The Balaban J connectivity index is 2.63. The summed E-state index contributed by atoms with van der Waals surface area (Å²) in [5.41, 5.74) is 0.981. The van der Waals surface area contributed by atoms with Crippen LogP contribution in [0.5, 0.6) is 0 Å². The topological polar surface area (TPSA) is 49.7 Å². The predicted octanol–water partition coefficient (Wildman–Crippen LogP) is 2.70. The highest BCUT2D eigenvalue weighted by Gasteiger charge is 2.61. The van der Waals surface area contributed by atoms with Gasteiger partial charge < -0.3 is 18.5 Å². The molecule has 0 saturated heterocycles. The minimum atomic E-state index is -2.01. The Kier molecular flexibility index (Phi) is 3.80. The summed E-state index contributed by atoms with van der Waals surface area (Å²) in [7, 11) is 0.996. The van der Waals surface area contributed by atoms with Crippen LogP contribution in [0.15, 0.2) is 23.9 Å². The van der Waals surface area contributed by atoms with Crippen molar-refractivity contribution in [3.63, 3.8) is 0 Å². The fraction of sp³-hybridized carbons (Fsp3) is 0.533. The van der Waals surface area contributed by atoms with Gasteiger partial charge in [0.2, 0.25) is 11.5 Å². The average molecular weight is 309 g/mol. The number of hydrogen-bond acceptors (Lipinski definition) is 4. The van der Waals surface area contributed by atoms with Gasteiger partial charge in [-0.05, 0) is 44.6 Å². The van der Waals surface area contributed by atoms with Crippen molar-refractivity contribution >= 4 is 14.1 Å². The van der Waals surface area contributed by atoms with Crippen molar-refractivity contribution < 1.29 is 18.7 Å². The predicted molar refractivity (Wildman–Crippen MR) is 82.4 cm³/mol. The maximum atomic E-state index is 12.7. The van der Waals surface area contributed by atoms with Crippen LogP contribution in [0, 0.1) is 13.8 Å². The van der Waals surface area contributed by atoms with Crippen molar-refractivity contribution in [3.8, 4) is 0 Å². The van der Waals surface area contributed by atoms with E-state index >= 15 is 0 Å². The number of carbonyl (C=O) groups is 1. The van der Waals surface area contributed by atoms with Gasteiger partial charge in [0.05, 0.1) is 14.2 Å². The zero-order valence-electron chi connectivity index (χ0n) is 13.7. The van der Waals surface area contributed by atoms with E-state index in [1.807, 2.05) is 45.9 Å². The first-order chi connectivity index (χ1) is 9.67. The first kappa shape index (κ1) is 15.8. The Hall–Kier alpha value is -1.53. The molecule has 0 fully saturated rings. The van der Waals surface area contributed by atoms with Crippen LogP contribution in [-0.2, 0) is 24.4 Å². The molecule has 0 amide bonds. The maximum Gasteiger partial charge on any atom is 0.266 e. The Morgan fingerprint density at radius 1 is 1.05 bits per heavy atom. The Labute approximate surface area is 126 Å². The third-order valence-electron chi connectivity index (χ3n) is 3.54. The number of methoxy groups -OCH3 is 2. The summed E-state index contributed by atoms with van der Waals surface area (Å²) in [5.74, 6) is 0.478. The maximum absolute atomic E-state index is 12.7. The van der Waals surface area contributed by atoms with Gasteiger partial charge in [-0.25, -0.2) is 0 Å². The lowest BCUT2D eigenvalue weighted by atomic mass is 9.91. The van der Waals surface area contributed by atoms with E-state index in [4.69, 9.17) is 13.9 Å². The van der Waals surface area contributed by atoms with Gasteiger partial charge in [0.15, 0.2) is 8.32 Å². The molecule has 1 heterocycles. The molecule has 0 aliphatic heterocycles. The molecule has 5 nitrogen and oxygen atoms in total. The number of aryl methyl sites for hydroxylation is 2. The van der Waals surface area contributed by atoms with E-state index in [-0.39, 0.29) is 11.5 Å². The van der Waals surface area contributed by atoms with Crippen LogP contribution < -0.4 is 0 Å². The van der Waals surface area contributed by atoms with E-state index in [9.17, 15) is 4.79 Å². The Morgan fingerprint density at radius 2 is 1.57 bits per heavy atom. The fourth-order valence-corrected chi connectivity index (χ4v) is 3.71. The smallest absolute Gasteiger partial charge is 0.266 e. The number of carbonyl (C=O) groups excluding carboxylic acids is 1. The summed E-state index contributed by atoms with van der Waals surface area (Å²) in [6.45, 7) is 10.1. The minimum Gasteiger partial charge on any atom is -0.492 e. The third-order valence-corrected chi connectivity index (χ3v) is 4.45. The number of ketones is 1. The lowest BCUT2D eigenvalue weighted by Gasteiger charge is -2.45. The van der Waals surface area contributed by atoms with E-state index in [1.54, 1.807) is 4.57 Å². The van der Waals surface area contributed by atoms with E-state index in [0.717, 1.165) is 11.1 Å². The summed E-state index contributed by atoms with van der Waals surface area (Å²) >= 11 is 0. The number of hydrogen-bond donors (Lipinski definition) is 0. The second-order valence-corrected chi connectivity index (χ2v) is 10.7. The van der Waals surface area contributed by atoms with Crippen LogP contribution in [0.25, 0.3) is 0 Å². The highest BCUT2D eigenvalue weighted by Crippen LogP contribution is 2.45. The third kappa shape index (κ3) is 2.32. The first-order valence-electron chi connectivity index (χ1n) is 6.90. The largest absolute Gasteiger partial charge is 0.492 e. The van der Waals surface area contributed by atoms with Gasteiger partial charge in [0.1, 0.15) is 0 Å². The summed E-state index contributed by atoms with van der Waals surface area (Å²) in [6, 6.07) is 0. The molecule has 1 aromatic heterocycles. The van der Waals surface area contributed by atoms with Crippen molar-refractivity contribution in [1.29, 1.82) is 0 Å². The molecule has 1 unspecified atom stereocenters. The molecule has 2 rings (SSSR count). The summed E-state index contributed by atoms with van der Waals surface area (Å²) in [5, 5.41) is 0. The second-order valence-electron chi connectivity index (χ2n) is 6.29. The SMILES string of the molecule is COC1=C(OC)C(O[Si](C)(C)C)(n2cc(C)c(C)c2)C1=O. The molecular formula is C15H23NO4Si. The van der Waals surface area contributed by atoms with Crippen LogP contribution >= 0.6 is 0 Å². The zero-order chi connectivity index (χ0) is 16.0. The van der Waals surface area contributed by atoms with Crippen molar-refractivity contribution in [3.05, 3.63) is 35.0 Å². The van der Waals surface area contributed by atoms with Gasteiger partial charge in [-0.1, -0.05) is 0 Å². The number of aromatic nitrogens is 1. The molecule has 0 N–H and O–H groups in total. The summed E-state index contributed by atoms with van der Waals surface area (Å²) in [4.78, 5) is 12.7.